The van der Waals surface area contributed by atoms with Gasteiger partial charge in [-0.3, -0.25) is 4.79 Å². The number of hydrogen-bond acceptors (Lipinski definition) is 3. The van der Waals surface area contributed by atoms with Crippen LogP contribution in [0.2, 0.25) is 0 Å². The van der Waals surface area contributed by atoms with E-state index in [4.69, 9.17) is 14.6 Å². The molecule has 0 atom stereocenters. The fourth-order valence-corrected chi connectivity index (χ4v) is 2.59. The highest BCUT2D eigenvalue weighted by molar-refractivity contribution is 5.67. The molecule has 0 aromatic heterocycles. The second kappa shape index (κ2) is 8.99. The third kappa shape index (κ3) is 5.07. The number of aryl methyl sites for hydroxylation is 1. The summed E-state index contributed by atoms with van der Waals surface area (Å²) in [6, 6.07) is 17.4. The van der Waals surface area contributed by atoms with Gasteiger partial charge in [-0.05, 0) is 42.3 Å². The number of aliphatic carboxylic acids is 1. The topological polar surface area (TPSA) is 55.8 Å². The van der Waals surface area contributed by atoms with Crippen LogP contribution in [0.3, 0.4) is 0 Å². The number of benzene rings is 3. The van der Waals surface area contributed by atoms with Crippen LogP contribution in [0.5, 0.6) is 17.2 Å². The lowest BCUT2D eigenvalue weighted by molar-refractivity contribution is -0.136. The van der Waals surface area contributed by atoms with Gasteiger partial charge in [0, 0.05) is 12.0 Å². The first-order valence-electron chi connectivity index (χ1n) is 8.66. The second-order valence-corrected chi connectivity index (χ2v) is 6.09. The van der Waals surface area contributed by atoms with Crippen LogP contribution in [-0.2, 0) is 17.8 Å². The molecule has 0 aliphatic heterocycles. The highest BCUT2D eigenvalue weighted by Gasteiger charge is 2.11. The molecule has 1 N–H and O–H groups in total. The van der Waals surface area contributed by atoms with Gasteiger partial charge in [0.1, 0.15) is 12.4 Å². The second-order valence-electron chi connectivity index (χ2n) is 6.09. The quantitative estimate of drug-likeness (QED) is 0.569. The van der Waals surface area contributed by atoms with Crippen LogP contribution in [0.25, 0.3) is 0 Å². The largest absolute Gasteiger partial charge is 0.486 e. The van der Waals surface area contributed by atoms with Gasteiger partial charge in [-0.25, -0.2) is 8.78 Å². The predicted octanol–water partition coefficient (Wildman–Crippen LogP) is 5.35. The molecular formula is C22H18F2O4. The molecule has 0 aliphatic rings. The first kappa shape index (κ1) is 19.4. The van der Waals surface area contributed by atoms with Gasteiger partial charge in [0.2, 0.25) is 0 Å². The molecule has 0 aliphatic carbocycles. The fraction of sp³-hybridized carbons (Fsp3) is 0.136. The SMILES string of the molecule is O=C(O)CCc1ccc(OCc2ccccc2Oc2ccccc2F)c(F)c1. The third-order valence-electron chi connectivity index (χ3n) is 4.04. The minimum absolute atomic E-state index is 0.0238. The Hall–Kier alpha value is -3.41. The van der Waals surface area contributed by atoms with Gasteiger partial charge in [0.05, 0.1) is 0 Å². The zero-order chi connectivity index (χ0) is 19.9. The van der Waals surface area contributed by atoms with E-state index in [9.17, 15) is 13.6 Å². The molecule has 0 saturated heterocycles. The Kier molecular flexibility index (Phi) is 6.22. The number of para-hydroxylation sites is 2. The van der Waals surface area contributed by atoms with Gasteiger partial charge >= 0.3 is 5.97 Å². The lowest BCUT2D eigenvalue weighted by Crippen LogP contribution is -2.01. The van der Waals surface area contributed by atoms with E-state index in [1.807, 2.05) is 0 Å². The lowest BCUT2D eigenvalue weighted by Gasteiger charge is -2.13. The first-order valence-corrected chi connectivity index (χ1v) is 8.66. The summed E-state index contributed by atoms with van der Waals surface area (Å²) in [5.74, 6) is -1.46. The number of halogens is 2. The molecule has 0 bridgehead atoms. The predicted molar refractivity (Wildman–Crippen MR) is 99.6 cm³/mol. The number of carbonyl (C=O) groups is 1. The summed E-state index contributed by atoms with van der Waals surface area (Å²) in [7, 11) is 0. The monoisotopic (exact) mass is 384 g/mol. The van der Waals surface area contributed by atoms with E-state index in [2.05, 4.69) is 0 Å². The van der Waals surface area contributed by atoms with Crippen LogP contribution >= 0.6 is 0 Å². The van der Waals surface area contributed by atoms with Crippen LogP contribution in [0, 0.1) is 11.6 Å². The number of carboxylic acids is 1. The number of hydrogen-bond donors (Lipinski definition) is 1. The Bertz CT molecular complexity index is 972. The molecule has 3 aromatic rings. The summed E-state index contributed by atoms with van der Waals surface area (Å²) in [5.41, 5.74) is 1.20. The van der Waals surface area contributed by atoms with Gasteiger partial charge in [-0.1, -0.05) is 36.4 Å². The van der Waals surface area contributed by atoms with Gasteiger partial charge in [-0.2, -0.15) is 0 Å². The fourth-order valence-electron chi connectivity index (χ4n) is 2.59. The molecule has 0 heterocycles. The number of carboxylic acid groups (broad SMARTS) is 1. The van der Waals surface area contributed by atoms with E-state index in [0.717, 1.165) is 0 Å². The van der Waals surface area contributed by atoms with Gasteiger partial charge in [0.25, 0.3) is 0 Å². The smallest absolute Gasteiger partial charge is 0.303 e. The summed E-state index contributed by atoms with van der Waals surface area (Å²) >= 11 is 0. The Labute approximate surface area is 161 Å². The van der Waals surface area contributed by atoms with Gasteiger partial charge in [-0.15, -0.1) is 0 Å². The van der Waals surface area contributed by atoms with E-state index in [1.54, 1.807) is 42.5 Å². The number of ether oxygens (including phenoxy) is 2. The molecule has 0 radical (unpaired) electrons. The Morgan fingerprint density at radius 1 is 0.857 bits per heavy atom. The van der Waals surface area contributed by atoms with E-state index in [-0.39, 0.29) is 30.9 Å². The van der Waals surface area contributed by atoms with E-state index in [0.29, 0.717) is 16.9 Å². The Morgan fingerprint density at radius 3 is 2.29 bits per heavy atom. The number of rotatable bonds is 8. The summed E-state index contributed by atoms with van der Waals surface area (Å²) in [4.78, 5) is 10.6. The average molecular weight is 384 g/mol. The first-order chi connectivity index (χ1) is 13.5. The molecule has 28 heavy (non-hydrogen) atoms. The Morgan fingerprint density at radius 2 is 1.57 bits per heavy atom. The van der Waals surface area contributed by atoms with Crippen molar-refractivity contribution in [3.63, 3.8) is 0 Å². The van der Waals surface area contributed by atoms with Crippen LogP contribution in [0.4, 0.5) is 8.78 Å². The summed E-state index contributed by atoms with van der Waals surface area (Å²) in [5, 5.41) is 8.70. The summed E-state index contributed by atoms with van der Waals surface area (Å²) < 4.78 is 39.2. The van der Waals surface area contributed by atoms with Crippen molar-refractivity contribution in [2.45, 2.75) is 19.4 Å². The maximum atomic E-state index is 14.2. The zero-order valence-corrected chi connectivity index (χ0v) is 14.9. The van der Waals surface area contributed by atoms with E-state index < -0.39 is 17.6 Å². The van der Waals surface area contributed by atoms with Crippen molar-refractivity contribution < 1.29 is 28.2 Å². The summed E-state index contributed by atoms with van der Waals surface area (Å²) in [6.07, 6.45) is 0.173. The van der Waals surface area contributed by atoms with Crippen molar-refractivity contribution >= 4 is 5.97 Å². The van der Waals surface area contributed by atoms with Gasteiger partial charge < -0.3 is 14.6 Å². The lowest BCUT2D eigenvalue weighted by atomic mass is 10.1. The normalized spacial score (nSPS) is 10.5. The van der Waals surface area contributed by atoms with Crippen molar-refractivity contribution in [2.24, 2.45) is 0 Å². The van der Waals surface area contributed by atoms with Crippen LogP contribution in [0.15, 0.2) is 66.7 Å². The third-order valence-corrected chi connectivity index (χ3v) is 4.04. The molecule has 0 amide bonds. The molecule has 3 aromatic carbocycles. The van der Waals surface area contributed by atoms with Crippen molar-refractivity contribution in [2.75, 3.05) is 0 Å². The molecule has 0 unspecified atom stereocenters. The van der Waals surface area contributed by atoms with Crippen molar-refractivity contribution in [3.8, 4) is 17.2 Å². The minimum Gasteiger partial charge on any atom is -0.486 e. The zero-order valence-electron chi connectivity index (χ0n) is 14.9. The molecule has 0 fully saturated rings. The van der Waals surface area contributed by atoms with Crippen LogP contribution in [-0.4, -0.2) is 11.1 Å². The molecule has 0 spiro atoms. The highest BCUT2D eigenvalue weighted by Crippen LogP contribution is 2.28. The van der Waals surface area contributed by atoms with E-state index in [1.165, 1.54) is 24.3 Å². The minimum atomic E-state index is -0.938. The molecular weight excluding hydrogens is 366 g/mol. The maximum absolute atomic E-state index is 14.2. The van der Waals surface area contributed by atoms with Gasteiger partial charge in [0.15, 0.2) is 23.1 Å². The van der Waals surface area contributed by atoms with Crippen molar-refractivity contribution in [3.05, 3.63) is 89.5 Å². The van der Waals surface area contributed by atoms with E-state index >= 15 is 0 Å². The Balaban J connectivity index is 1.70. The maximum Gasteiger partial charge on any atom is 0.303 e. The van der Waals surface area contributed by atoms with Crippen molar-refractivity contribution in [1.82, 2.24) is 0 Å². The highest BCUT2D eigenvalue weighted by atomic mass is 19.1. The molecule has 3 rings (SSSR count). The van der Waals surface area contributed by atoms with Crippen molar-refractivity contribution in [1.29, 1.82) is 0 Å². The van der Waals surface area contributed by atoms with Crippen LogP contribution in [0.1, 0.15) is 17.5 Å². The molecule has 0 saturated carbocycles. The molecule has 144 valence electrons. The summed E-state index contributed by atoms with van der Waals surface area (Å²) in [6.45, 7) is 0.0238. The average Bonchev–Trinajstić information content (AvgIpc) is 2.68. The standard InChI is InChI=1S/C22H18F2O4/c23-17-6-2-4-8-21(17)28-19-7-3-1-5-16(19)14-27-20-11-9-15(13-18(20)24)10-12-22(25)26/h1-9,11,13H,10,12,14H2,(H,25,26). The van der Waals surface area contributed by atoms with Crippen LogP contribution < -0.4 is 9.47 Å². The molecule has 4 nitrogen and oxygen atoms in total. The molecule has 6 heteroatoms.